The molecular weight excluding hydrogens is 371 g/mol. The number of pyridine rings is 1. The third kappa shape index (κ3) is 5.84. The number of alkyl halides is 3. The van der Waals surface area contributed by atoms with E-state index in [9.17, 15) is 18.4 Å². The van der Waals surface area contributed by atoms with Crippen LogP contribution in [0.15, 0.2) is 41.4 Å². The van der Waals surface area contributed by atoms with Gasteiger partial charge >= 0.3 is 6.18 Å². The highest BCUT2D eigenvalue weighted by Crippen LogP contribution is 2.28. The Balaban J connectivity index is 2.26. The van der Waals surface area contributed by atoms with Gasteiger partial charge in [0.1, 0.15) is 12.6 Å². The predicted octanol–water partition coefficient (Wildman–Crippen LogP) is 5.57. The molecule has 27 heavy (non-hydrogen) atoms. The van der Waals surface area contributed by atoms with Crippen LogP contribution in [0.1, 0.15) is 36.2 Å². The molecule has 0 fully saturated rings. The average Bonchev–Trinajstić information content (AvgIpc) is 2.63. The van der Waals surface area contributed by atoms with Crippen molar-refractivity contribution >= 4 is 23.1 Å². The third-order valence-electron chi connectivity index (χ3n) is 4.05. The maximum atomic E-state index is 12.2. The van der Waals surface area contributed by atoms with Gasteiger partial charge in [0.05, 0.1) is 11.3 Å². The van der Waals surface area contributed by atoms with Crippen LogP contribution in [-0.2, 0) is 6.42 Å². The SMILES string of the molecule is CCc1ccc(C)c(/C(C#N)=C(\C)c2ccc(SNCC(F)(F)F)cn2)c1. The first-order chi connectivity index (χ1) is 12.7. The lowest BCUT2D eigenvalue weighted by molar-refractivity contribution is -0.120. The molecule has 0 spiro atoms. The lowest BCUT2D eigenvalue weighted by atomic mass is 9.93. The van der Waals surface area contributed by atoms with E-state index in [1.54, 1.807) is 12.1 Å². The second kappa shape index (κ2) is 9.07. The zero-order chi connectivity index (χ0) is 20.0. The van der Waals surface area contributed by atoms with Crippen molar-refractivity contribution in [3.05, 3.63) is 58.9 Å². The molecule has 7 heteroatoms. The Morgan fingerprint density at radius 2 is 2.00 bits per heavy atom. The number of nitrogens with one attached hydrogen (secondary N) is 1. The molecule has 1 aromatic carbocycles. The minimum Gasteiger partial charge on any atom is -0.255 e. The monoisotopic (exact) mass is 391 g/mol. The fourth-order valence-corrected chi connectivity index (χ4v) is 3.14. The number of aryl methyl sites for hydroxylation is 2. The summed E-state index contributed by atoms with van der Waals surface area (Å²) in [5.41, 5.74) is 4.92. The van der Waals surface area contributed by atoms with Crippen LogP contribution in [0.4, 0.5) is 13.2 Å². The van der Waals surface area contributed by atoms with Gasteiger partial charge in [-0.1, -0.05) is 25.1 Å². The number of rotatable bonds is 6. The van der Waals surface area contributed by atoms with Crippen molar-refractivity contribution in [2.45, 2.75) is 38.3 Å². The van der Waals surface area contributed by atoms with Gasteiger partial charge in [0.2, 0.25) is 0 Å². The number of nitriles is 1. The summed E-state index contributed by atoms with van der Waals surface area (Å²) in [4.78, 5) is 4.88. The second-order valence-corrected chi connectivity index (χ2v) is 7.00. The van der Waals surface area contributed by atoms with Gasteiger partial charge in [-0.05, 0) is 66.6 Å². The zero-order valence-electron chi connectivity index (χ0n) is 15.3. The summed E-state index contributed by atoms with van der Waals surface area (Å²) in [6.45, 7) is 4.76. The Bertz CT molecular complexity index is 866. The molecule has 0 aliphatic heterocycles. The number of hydrogen-bond donors (Lipinski definition) is 1. The molecule has 0 aliphatic rings. The molecule has 3 nitrogen and oxygen atoms in total. The maximum Gasteiger partial charge on any atom is 0.402 e. The quantitative estimate of drug-likeness (QED) is 0.517. The normalized spacial score (nSPS) is 12.5. The first-order valence-corrected chi connectivity index (χ1v) is 9.20. The van der Waals surface area contributed by atoms with Gasteiger partial charge in [-0.3, -0.25) is 9.71 Å². The maximum absolute atomic E-state index is 12.2. The van der Waals surface area contributed by atoms with Gasteiger partial charge in [0.25, 0.3) is 0 Å². The van der Waals surface area contributed by atoms with E-state index in [0.29, 0.717) is 16.2 Å². The fourth-order valence-electron chi connectivity index (χ4n) is 2.50. The standard InChI is InChI=1S/C20H20F3N3S/c1-4-15-6-5-13(2)17(9-15)18(10-24)14(3)19-8-7-16(11-25-19)27-26-12-20(21,22)23/h5-9,11,26H,4,12H2,1-3H3/b18-14+. The van der Waals surface area contributed by atoms with Gasteiger partial charge in [-0.25, -0.2) is 0 Å². The first-order valence-electron chi connectivity index (χ1n) is 8.39. The van der Waals surface area contributed by atoms with Gasteiger partial charge in [0, 0.05) is 11.1 Å². The number of benzene rings is 1. The van der Waals surface area contributed by atoms with E-state index >= 15 is 0 Å². The van der Waals surface area contributed by atoms with E-state index in [1.807, 2.05) is 32.0 Å². The fraction of sp³-hybridized carbons (Fsp3) is 0.300. The van der Waals surface area contributed by atoms with Crippen LogP contribution in [0, 0.1) is 18.3 Å². The molecule has 0 radical (unpaired) electrons. The van der Waals surface area contributed by atoms with Crippen LogP contribution in [0.25, 0.3) is 11.1 Å². The van der Waals surface area contributed by atoms with Crippen molar-refractivity contribution < 1.29 is 13.2 Å². The highest BCUT2D eigenvalue weighted by Gasteiger charge is 2.26. The van der Waals surface area contributed by atoms with Crippen molar-refractivity contribution in [2.24, 2.45) is 0 Å². The predicted molar refractivity (Wildman–Crippen MR) is 103 cm³/mol. The molecule has 0 unspecified atom stereocenters. The molecular formula is C20H20F3N3S. The minimum atomic E-state index is -4.26. The number of halogens is 3. The van der Waals surface area contributed by atoms with Gasteiger partial charge in [-0.15, -0.1) is 0 Å². The molecule has 0 atom stereocenters. The van der Waals surface area contributed by atoms with Crippen molar-refractivity contribution in [3.8, 4) is 6.07 Å². The van der Waals surface area contributed by atoms with Crippen LogP contribution in [0.3, 0.4) is 0 Å². The van der Waals surface area contributed by atoms with Crippen molar-refractivity contribution in [3.63, 3.8) is 0 Å². The van der Waals surface area contributed by atoms with Crippen molar-refractivity contribution in [2.75, 3.05) is 6.54 Å². The van der Waals surface area contributed by atoms with Gasteiger partial charge in [0.15, 0.2) is 0 Å². The van der Waals surface area contributed by atoms with Crippen LogP contribution in [-0.4, -0.2) is 17.7 Å². The molecule has 0 aliphatic carbocycles. The number of hydrogen-bond acceptors (Lipinski definition) is 4. The van der Waals surface area contributed by atoms with Crippen LogP contribution in [0.2, 0.25) is 0 Å². The number of aromatic nitrogens is 1. The van der Waals surface area contributed by atoms with E-state index in [-0.39, 0.29) is 0 Å². The van der Waals surface area contributed by atoms with Crippen molar-refractivity contribution in [1.82, 2.24) is 9.71 Å². The Morgan fingerprint density at radius 1 is 1.26 bits per heavy atom. The highest BCUT2D eigenvalue weighted by molar-refractivity contribution is 7.97. The zero-order valence-corrected chi connectivity index (χ0v) is 16.1. The van der Waals surface area contributed by atoms with Crippen LogP contribution < -0.4 is 4.72 Å². The minimum absolute atomic E-state index is 0.547. The van der Waals surface area contributed by atoms with E-state index in [4.69, 9.17) is 0 Å². The lowest BCUT2D eigenvalue weighted by Gasteiger charge is -2.11. The smallest absolute Gasteiger partial charge is 0.255 e. The summed E-state index contributed by atoms with van der Waals surface area (Å²) in [7, 11) is 0. The first kappa shape index (κ1) is 21.0. The molecule has 2 rings (SSSR count). The Hall–Kier alpha value is -2.30. The molecule has 0 bridgehead atoms. The number of allylic oxidation sites excluding steroid dienone is 2. The van der Waals surface area contributed by atoms with Crippen LogP contribution in [0.5, 0.6) is 0 Å². The van der Waals surface area contributed by atoms with Crippen molar-refractivity contribution in [1.29, 1.82) is 5.26 Å². The van der Waals surface area contributed by atoms with Crippen LogP contribution >= 0.6 is 11.9 Å². The number of nitrogens with zero attached hydrogens (tertiary/aromatic N) is 2. The molecule has 142 valence electrons. The van der Waals surface area contributed by atoms with E-state index in [1.165, 1.54) is 6.20 Å². The van der Waals surface area contributed by atoms with Gasteiger partial charge in [-0.2, -0.15) is 18.4 Å². The Labute approximate surface area is 161 Å². The molecule has 1 heterocycles. The molecule has 1 aromatic heterocycles. The second-order valence-electron chi connectivity index (χ2n) is 6.03. The summed E-state index contributed by atoms with van der Waals surface area (Å²) in [6, 6.07) is 11.7. The third-order valence-corrected chi connectivity index (χ3v) is 4.82. The topological polar surface area (TPSA) is 48.7 Å². The molecule has 0 amide bonds. The van der Waals surface area contributed by atoms with Gasteiger partial charge < -0.3 is 0 Å². The Kier molecular flexibility index (Phi) is 7.05. The molecule has 0 saturated carbocycles. The Morgan fingerprint density at radius 3 is 2.56 bits per heavy atom. The summed E-state index contributed by atoms with van der Waals surface area (Å²) >= 11 is 0.872. The summed E-state index contributed by atoms with van der Waals surface area (Å²) < 4.78 is 38.8. The van der Waals surface area contributed by atoms with E-state index < -0.39 is 12.7 Å². The lowest BCUT2D eigenvalue weighted by Crippen LogP contribution is -2.23. The largest absolute Gasteiger partial charge is 0.402 e. The summed E-state index contributed by atoms with van der Waals surface area (Å²) in [5, 5.41) is 9.69. The summed E-state index contributed by atoms with van der Waals surface area (Å²) in [5.74, 6) is 0. The molecule has 1 N–H and O–H groups in total. The molecule has 2 aromatic rings. The average molecular weight is 391 g/mol. The summed E-state index contributed by atoms with van der Waals surface area (Å²) in [6.07, 6.45) is -1.89. The highest BCUT2D eigenvalue weighted by atomic mass is 32.2. The van der Waals surface area contributed by atoms with E-state index in [2.05, 4.69) is 22.7 Å². The van der Waals surface area contributed by atoms with E-state index in [0.717, 1.165) is 40.6 Å². The molecule has 0 saturated heterocycles.